The predicted octanol–water partition coefficient (Wildman–Crippen LogP) is 3.96. The number of hydrogen-bond donors (Lipinski definition) is 0. The largest absolute Gasteiger partial charge is 0.494 e. The Morgan fingerprint density at radius 1 is 1.11 bits per heavy atom. The van der Waals surface area contributed by atoms with Crippen molar-refractivity contribution in [2.45, 2.75) is 78.1 Å². The van der Waals surface area contributed by atoms with Crippen molar-refractivity contribution in [1.29, 1.82) is 0 Å². The number of ether oxygens (including phenoxy) is 1. The molecule has 0 aliphatic carbocycles. The fraction of sp³-hybridized carbons (Fsp3) is 0.667. The van der Waals surface area contributed by atoms with Crippen LogP contribution in [-0.2, 0) is 14.0 Å². The van der Waals surface area contributed by atoms with Crippen LogP contribution in [0.25, 0.3) is 0 Å². The summed E-state index contributed by atoms with van der Waals surface area (Å²) in [6, 6.07) is 8.24. The van der Waals surface area contributed by atoms with Crippen molar-refractivity contribution in [3.63, 3.8) is 0 Å². The third-order valence-corrected chi connectivity index (χ3v) is 5.28. The summed E-state index contributed by atoms with van der Waals surface area (Å²) < 4.78 is 17.6. The monoisotopic (exact) mass is 375 g/mol. The van der Waals surface area contributed by atoms with Crippen LogP contribution in [0, 0.1) is 0 Å². The molecule has 1 aliphatic heterocycles. The third kappa shape index (κ3) is 5.26. The molecule has 0 unspecified atom stereocenters. The lowest BCUT2D eigenvalue weighted by atomic mass is 9.78. The van der Waals surface area contributed by atoms with Crippen LogP contribution in [-0.4, -0.2) is 48.5 Å². The fourth-order valence-electron chi connectivity index (χ4n) is 2.89. The topological polar surface area (TPSA) is 48.0 Å². The van der Waals surface area contributed by atoms with Crippen LogP contribution < -0.4 is 5.46 Å². The molecule has 1 aromatic carbocycles. The van der Waals surface area contributed by atoms with E-state index >= 15 is 0 Å². The fourth-order valence-corrected chi connectivity index (χ4v) is 2.89. The Morgan fingerprint density at radius 3 is 2.04 bits per heavy atom. The van der Waals surface area contributed by atoms with Gasteiger partial charge in [0.05, 0.1) is 11.2 Å². The second-order valence-electron chi connectivity index (χ2n) is 9.52. The van der Waals surface area contributed by atoms with Crippen molar-refractivity contribution in [1.82, 2.24) is 4.90 Å². The zero-order chi connectivity index (χ0) is 20.6. The van der Waals surface area contributed by atoms with Crippen molar-refractivity contribution < 1.29 is 18.8 Å². The second kappa shape index (κ2) is 7.48. The highest BCUT2D eigenvalue weighted by atomic mass is 16.7. The van der Waals surface area contributed by atoms with Crippen LogP contribution >= 0.6 is 0 Å². The molecule has 1 saturated heterocycles. The molecule has 1 aromatic rings. The molecule has 1 aliphatic rings. The second-order valence-corrected chi connectivity index (χ2v) is 9.52. The van der Waals surface area contributed by atoms with Gasteiger partial charge in [0.1, 0.15) is 5.60 Å². The number of carbonyl (C=O) groups excluding carboxylic acids is 1. The summed E-state index contributed by atoms with van der Waals surface area (Å²) in [7, 11) is 1.41. The van der Waals surface area contributed by atoms with Gasteiger partial charge in [-0.3, -0.25) is 0 Å². The molecule has 27 heavy (non-hydrogen) atoms. The van der Waals surface area contributed by atoms with Crippen LogP contribution in [0.5, 0.6) is 0 Å². The van der Waals surface area contributed by atoms with Gasteiger partial charge in [-0.05, 0) is 65.4 Å². The summed E-state index contributed by atoms with van der Waals surface area (Å²) in [5.74, 6) is 0.190. The van der Waals surface area contributed by atoms with E-state index in [-0.39, 0.29) is 30.3 Å². The highest BCUT2D eigenvalue weighted by Crippen LogP contribution is 2.36. The van der Waals surface area contributed by atoms with Crippen molar-refractivity contribution >= 4 is 18.7 Å². The number of nitrogens with zero attached hydrogens (tertiary/aromatic N) is 1. The van der Waals surface area contributed by atoms with Gasteiger partial charge in [-0.2, -0.15) is 0 Å². The Morgan fingerprint density at radius 2 is 1.59 bits per heavy atom. The quantitative estimate of drug-likeness (QED) is 0.748. The lowest BCUT2D eigenvalue weighted by molar-refractivity contribution is 0.00578. The minimum atomic E-state index is -0.487. The maximum absolute atomic E-state index is 12.1. The first-order valence-electron chi connectivity index (χ1n) is 9.61. The van der Waals surface area contributed by atoms with E-state index in [1.165, 1.54) is 0 Å². The molecule has 1 amide bonds. The zero-order valence-electron chi connectivity index (χ0n) is 18.3. The first-order valence-corrected chi connectivity index (χ1v) is 9.61. The minimum absolute atomic E-state index is 0.190. The summed E-state index contributed by atoms with van der Waals surface area (Å²) in [6.45, 7) is 16.5. The van der Waals surface area contributed by atoms with Gasteiger partial charge in [0.25, 0.3) is 0 Å². The summed E-state index contributed by atoms with van der Waals surface area (Å²) in [4.78, 5) is 13.8. The van der Waals surface area contributed by atoms with Gasteiger partial charge in [0.15, 0.2) is 0 Å². The maximum Gasteiger partial charge on any atom is 0.494 e. The molecular weight excluding hydrogens is 341 g/mol. The highest BCUT2D eigenvalue weighted by molar-refractivity contribution is 6.62. The average molecular weight is 375 g/mol. The lowest BCUT2D eigenvalue weighted by Crippen LogP contribution is -2.41. The van der Waals surface area contributed by atoms with E-state index in [1.54, 1.807) is 11.9 Å². The summed E-state index contributed by atoms with van der Waals surface area (Å²) >= 11 is 0. The molecule has 0 bridgehead atoms. The van der Waals surface area contributed by atoms with Gasteiger partial charge < -0.3 is 18.9 Å². The standard InChI is InChI=1S/C21H34BNO4/c1-15(14-23(9)18(24)25-19(2,3)4)16-10-12-17(13-11-16)22-26-20(5,6)21(7,8)27-22/h10-13,15H,14H2,1-9H3/t15-/m1/s1. The molecule has 150 valence electrons. The van der Waals surface area contributed by atoms with E-state index in [0.717, 1.165) is 11.0 Å². The van der Waals surface area contributed by atoms with E-state index in [1.807, 2.05) is 32.9 Å². The number of carbonyl (C=O) groups is 1. The highest BCUT2D eigenvalue weighted by Gasteiger charge is 2.51. The summed E-state index contributed by atoms with van der Waals surface area (Å²) in [5, 5.41) is 0. The van der Waals surface area contributed by atoms with E-state index < -0.39 is 5.60 Å². The number of amides is 1. The minimum Gasteiger partial charge on any atom is -0.444 e. The molecule has 6 heteroatoms. The average Bonchev–Trinajstić information content (AvgIpc) is 2.73. The van der Waals surface area contributed by atoms with Gasteiger partial charge in [-0.15, -0.1) is 0 Å². The molecule has 5 nitrogen and oxygen atoms in total. The smallest absolute Gasteiger partial charge is 0.444 e. The van der Waals surface area contributed by atoms with Crippen LogP contribution in [0.1, 0.15) is 66.9 Å². The molecule has 0 radical (unpaired) electrons. The van der Waals surface area contributed by atoms with E-state index in [0.29, 0.717) is 6.54 Å². The van der Waals surface area contributed by atoms with Gasteiger partial charge in [0.2, 0.25) is 0 Å². The van der Waals surface area contributed by atoms with E-state index in [9.17, 15) is 4.79 Å². The molecule has 0 saturated carbocycles. The summed E-state index contributed by atoms with van der Waals surface area (Å²) in [6.07, 6.45) is -0.303. The Bertz CT molecular complexity index is 648. The molecule has 0 spiro atoms. The van der Waals surface area contributed by atoms with Crippen LogP contribution in [0.15, 0.2) is 24.3 Å². The Labute approximate surface area is 164 Å². The molecule has 2 rings (SSSR count). The van der Waals surface area contributed by atoms with Crippen molar-refractivity contribution in [3.8, 4) is 0 Å². The number of rotatable bonds is 4. The van der Waals surface area contributed by atoms with Crippen LogP contribution in [0.3, 0.4) is 0 Å². The number of benzene rings is 1. The summed E-state index contributed by atoms with van der Waals surface area (Å²) in [5.41, 5.74) is 0.981. The first kappa shape index (κ1) is 21.8. The van der Waals surface area contributed by atoms with E-state index in [4.69, 9.17) is 14.0 Å². The molecule has 0 N–H and O–H groups in total. The third-order valence-electron chi connectivity index (χ3n) is 5.28. The van der Waals surface area contributed by atoms with Gasteiger partial charge in [0, 0.05) is 13.6 Å². The predicted molar refractivity (Wildman–Crippen MR) is 109 cm³/mol. The molecule has 0 aromatic heterocycles. The number of likely N-dealkylation sites (N-methyl/N-ethyl adjacent to an activating group) is 1. The van der Waals surface area contributed by atoms with Crippen molar-refractivity contribution in [2.24, 2.45) is 0 Å². The zero-order valence-corrected chi connectivity index (χ0v) is 18.3. The van der Waals surface area contributed by atoms with Crippen LogP contribution in [0.2, 0.25) is 0 Å². The SMILES string of the molecule is C[C@H](CN(C)C(=O)OC(C)(C)C)c1ccc(B2OC(C)(C)C(C)(C)O2)cc1. The van der Waals surface area contributed by atoms with Gasteiger partial charge >= 0.3 is 13.2 Å². The Kier molecular flexibility index (Phi) is 6.03. The number of hydrogen-bond acceptors (Lipinski definition) is 4. The molecule has 1 fully saturated rings. The van der Waals surface area contributed by atoms with Crippen molar-refractivity contribution in [3.05, 3.63) is 29.8 Å². The molecular formula is C21H34BNO4. The Hall–Kier alpha value is -1.53. The van der Waals surface area contributed by atoms with Gasteiger partial charge in [-0.25, -0.2) is 4.79 Å². The first-order chi connectivity index (χ1) is 12.2. The Balaban J connectivity index is 2.00. The molecule has 1 atom stereocenters. The normalized spacial score (nSPS) is 19.7. The van der Waals surface area contributed by atoms with Crippen LogP contribution in [0.4, 0.5) is 4.79 Å². The maximum atomic E-state index is 12.1. The van der Waals surface area contributed by atoms with Crippen molar-refractivity contribution in [2.75, 3.05) is 13.6 Å². The van der Waals surface area contributed by atoms with E-state index in [2.05, 4.69) is 46.8 Å². The molecule has 1 heterocycles. The lowest BCUT2D eigenvalue weighted by Gasteiger charge is -2.32. The van der Waals surface area contributed by atoms with Gasteiger partial charge in [-0.1, -0.05) is 31.2 Å².